The second-order valence-electron chi connectivity index (χ2n) is 8.33. The van der Waals surface area contributed by atoms with Crippen molar-refractivity contribution in [1.82, 2.24) is 5.32 Å². The first-order valence-corrected chi connectivity index (χ1v) is 10.3. The highest BCUT2D eigenvalue weighted by atomic mass is 16.5. The zero-order chi connectivity index (χ0) is 22.9. The summed E-state index contributed by atoms with van der Waals surface area (Å²) in [5.41, 5.74) is 1.79. The zero-order valence-electron chi connectivity index (χ0n) is 18.6. The van der Waals surface area contributed by atoms with Gasteiger partial charge >= 0.3 is 5.97 Å². The van der Waals surface area contributed by atoms with Crippen molar-refractivity contribution in [1.29, 1.82) is 0 Å². The van der Waals surface area contributed by atoms with Crippen molar-refractivity contribution in [3.8, 4) is 11.5 Å². The number of esters is 1. The maximum atomic E-state index is 11.4. The smallest absolute Gasteiger partial charge is 0.308 e. The Balaban J connectivity index is 0.000000285. The fraction of sp³-hybridized carbons (Fsp3) is 0.417. The second kappa shape index (κ2) is 11.5. The predicted octanol–water partition coefficient (Wildman–Crippen LogP) is 3.31. The molecule has 1 aliphatic rings. The number of carbonyl (C=O) groups excluding carboxylic acids is 2. The molecule has 1 aliphatic heterocycles. The van der Waals surface area contributed by atoms with Crippen LogP contribution in [-0.4, -0.2) is 41.8 Å². The standard InChI is InChI=1S/C16H24N2O3.C8H8O2/c1-16(2,3)17-9-11(19)10-21-14-6-4-5-13-12(14)7-8-15(20)18-13;1-7(9)10-8-5-3-2-4-6-8/h4-6,11,17,19H,7-10H2,1-3H3,(H,18,20);2-6H,1H3. The summed E-state index contributed by atoms with van der Waals surface area (Å²) in [6.45, 7) is 8.25. The van der Waals surface area contributed by atoms with E-state index in [9.17, 15) is 14.7 Å². The van der Waals surface area contributed by atoms with Gasteiger partial charge in [0, 0.05) is 36.7 Å². The first-order chi connectivity index (χ1) is 14.6. The number of aliphatic hydroxyl groups excluding tert-OH is 1. The number of carbonyl (C=O) groups is 2. The molecule has 1 amide bonds. The van der Waals surface area contributed by atoms with Gasteiger partial charge in [-0.05, 0) is 51.5 Å². The number of fused-ring (bicyclic) bond motifs is 1. The van der Waals surface area contributed by atoms with Crippen LogP contribution in [0.3, 0.4) is 0 Å². The molecule has 2 aromatic carbocycles. The Morgan fingerprint density at radius 3 is 2.48 bits per heavy atom. The highest BCUT2D eigenvalue weighted by Gasteiger charge is 2.19. The van der Waals surface area contributed by atoms with E-state index >= 15 is 0 Å². The van der Waals surface area contributed by atoms with Crippen LogP contribution in [0.2, 0.25) is 0 Å². The first-order valence-electron chi connectivity index (χ1n) is 10.3. The van der Waals surface area contributed by atoms with Gasteiger partial charge in [0.05, 0.1) is 0 Å². The molecule has 0 aromatic heterocycles. The fourth-order valence-electron chi connectivity index (χ4n) is 2.85. The predicted molar refractivity (Wildman–Crippen MR) is 120 cm³/mol. The van der Waals surface area contributed by atoms with Gasteiger partial charge in [-0.25, -0.2) is 0 Å². The van der Waals surface area contributed by atoms with Crippen LogP contribution in [0.5, 0.6) is 11.5 Å². The van der Waals surface area contributed by atoms with E-state index in [-0.39, 0.29) is 24.0 Å². The third kappa shape index (κ3) is 9.19. The minimum absolute atomic E-state index is 0.0306. The summed E-state index contributed by atoms with van der Waals surface area (Å²) >= 11 is 0. The number of benzene rings is 2. The van der Waals surface area contributed by atoms with Crippen molar-refractivity contribution in [2.75, 3.05) is 18.5 Å². The molecule has 3 rings (SSSR count). The summed E-state index contributed by atoms with van der Waals surface area (Å²) in [5, 5.41) is 16.0. The van der Waals surface area contributed by atoms with Crippen molar-refractivity contribution in [3.05, 3.63) is 54.1 Å². The Morgan fingerprint density at radius 2 is 1.84 bits per heavy atom. The number of aliphatic hydroxyl groups is 1. The number of anilines is 1. The number of β-amino-alcohol motifs (C(OH)–C–C–N with tert-alkyl or cyclic N) is 1. The third-order valence-electron chi connectivity index (χ3n) is 4.31. The van der Waals surface area contributed by atoms with Gasteiger partial charge in [0.25, 0.3) is 0 Å². The highest BCUT2D eigenvalue weighted by Crippen LogP contribution is 2.31. The lowest BCUT2D eigenvalue weighted by molar-refractivity contribution is -0.131. The topological polar surface area (TPSA) is 96.9 Å². The van der Waals surface area contributed by atoms with E-state index in [2.05, 4.69) is 31.4 Å². The van der Waals surface area contributed by atoms with Crippen LogP contribution < -0.4 is 20.1 Å². The Hall–Kier alpha value is -2.90. The maximum Gasteiger partial charge on any atom is 0.308 e. The normalized spacial score (nSPS) is 13.8. The number of hydrogen-bond acceptors (Lipinski definition) is 6. The number of para-hydroxylation sites is 1. The van der Waals surface area contributed by atoms with Crippen molar-refractivity contribution >= 4 is 17.6 Å². The second-order valence-corrected chi connectivity index (χ2v) is 8.33. The Morgan fingerprint density at radius 1 is 1.13 bits per heavy atom. The monoisotopic (exact) mass is 428 g/mol. The average molecular weight is 429 g/mol. The lowest BCUT2D eigenvalue weighted by Gasteiger charge is -2.24. The van der Waals surface area contributed by atoms with Crippen LogP contribution in [0.15, 0.2) is 48.5 Å². The number of rotatable bonds is 6. The fourth-order valence-corrected chi connectivity index (χ4v) is 2.85. The van der Waals surface area contributed by atoms with Crippen LogP contribution in [0, 0.1) is 0 Å². The van der Waals surface area contributed by atoms with Crippen LogP contribution >= 0.6 is 0 Å². The molecule has 2 aromatic rings. The van der Waals surface area contributed by atoms with E-state index in [1.54, 1.807) is 12.1 Å². The van der Waals surface area contributed by atoms with Gasteiger partial charge in [0.1, 0.15) is 24.2 Å². The summed E-state index contributed by atoms with van der Waals surface area (Å²) < 4.78 is 10.5. The molecule has 0 bridgehead atoms. The first kappa shape index (κ1) is 24.4. The van der Waals surface area contributed by atoms with Gasteiger partial charge in [-0.2, -0.15) is 0 Å². The molecule has 1 atom stereocenters. The molecule has 0 saturated carbocycles. The summed E-state index contributed by atoms with van der Waals surface area (Å²) in [6, 6.07) is 14.6. The van der Waals surface area contributed by atoms with Crippen LogP contribution in [0.25, 0.3) is 0 Å². The molecule has 0 spiro atoms. The van der Waals surface area contributed by atoms with Gasteiger partial charge in [-0.3, -0.25) is 9.59 Å². The van der Waals surface area contributed by atoms with Gasteiger partial charge in [0.2, 0.25) is 5.91 Å². The minimum atomic E-state index is -0.571. The molecule has 0 radical (unpaired) electrons. The molecule has 7 heteroatoms. The van der Waals surface area contributed by atoms with Crippen LogP contribution in [-0.2, 0) is 16.0 Å². The largest absolute Gasteiger partial charge is 0.490 e. The Labute approximate surface area is 183 Å². The van der Waals surface area contributed by atoms with Crippen LogP contribution in [0.4, 0.5) is 5.69 Å². The molecule has 168 valence electrons. The summed E-state index contributed by atoms with van der Waals surface area (Å²) in [5.74, 6) is 1.08. The molecule has 1 heterocycles. The molecular formula is C24H32N2O5. The lowest BCUT2D eigenvalue weighted by atomic mass is 10.0. The third-order valence-corrected chi connectivity index (χ3v) is 4.31. The van der Waals surface area contributed by atoms with E-state index in [1.807, 2.05) is 36.4 Å². The van der Waals surface area contributed by atoms with Gasteiger partial charge in [-0.1, -0.05) is 24.3 Å². The van der Waals surface area contributed by atoms with E-state index in [4.69, 9.17) is 9.47 Å². The molecular weight excluding hydrogens is 396 g/mol. The molecule has 0 aliphatic carbocycles. The Kier molecular flexibility index (Phi) is 9.03. The lowest BCUT2D eigenvalue weighted by Crippen LogP contribution is -2.42. The van der Waals surface area contributed by atoms with Crippen molar-refractivity contribution in [2.45, 2.75) is 52.2 Å². The number of nitrogens with one attached hydrogen (secondary N) is 2. The van der Waals surface area contributed by atoms with Crippen molar-refractivity contribution in [3.63, 3.8) is 0 Å². The van der Waals surface area contributed by atoms with Gasteiger partial charge in [-0.15, -0.1) is 0 Å². The van der Waals surface area contributed by atoms with Crippen LogP contribution in [0.1, 0.15) is 39.7 Å². The van der Waals surface area contributed by atoms with Crippen molar-refractivity contribution in [2.24, 2.45) is 0 Å². The minimum Gasteiger partial charge on any atom is -0.490 e. The molecule has 1 unspecified atom stereocenters. The van der Waals surface area contributed by atoms with E-state index in [0.29, 0.717) is 25.1 Å². The van der Waals surface area contributed by atoms with E-state index in [1.165, 1.54) is 6.92 Å². The highest BCUT2D eigenvalue weighted by molar-refractivity contribution is 5.94. The summed E-state index contributed by atoms with van der Waals surface area (Å²) in [4.78, 5) is 21.8. The van der Waals surface area contributed by atoms with Crippen molar-refractivity contribution < 1.29 is 24.2 Å². The van der Waals surface area contributed by atoms with Gasteiger partial charge in [0.15, 0.2) is 0 Å². The van der Waals surface area contributed by atoms with E-state index in [0.717, 1.165) is 17.0 Å². The zero-order valence-corrected chi connectivity index (χ0v) is 18.6. The number of hydrogen-bond donors (Lipinski definition) is 3. The molecule has 3 N–H and O–H groups in total. The quantitative estimate of drug-likeness (QED) is 0.483. The molecule has 7 nitrogen and oxygen atoms in total. The Bertz CT molecular complexity index is 862. The van der Waals surface area contributed by atoms with E-state index < -0.39 is 6.10 Å². The summed E-state index contributed by atoms with van der Waals surface area (Å²) in [6.07, 6.45) is 0.577. The number of amides is 1. The molecule has 0 saturated heterocycles. The maximum absolute atomic E-state index is 11.4. The number of ether oxygens (including phenoxy) is 2. The molecule has 0 fully saturated rings. The molecule has 31 heavy (non-hydrogen) atoms. The summed E-state index contributed by atoms with van der Waals surface area (Å²) in [7, 11) is 0. The SMILES string of the molecule is CC(=O)Oc1ccccc1.CC(C)(C)NCC(O)COc1cccc2c1CCC(=O)N2. The van der Waals surface area contributed by atoms with Gasteiger partial charge < -0.3 is 25.2 Å². The average Bonchev–Trinajstić information content (AvgIpc) is 2.70.